The summed E-state index contributed by atoms with van der Waals surface area (Å²) in [4.78, 5) is 25.5. The number of amides is 2. The normalized spacial score (nSPS) is 10.1. The van der Waals surface area contributed by atoms with Crippen molar-refractivity contribution in [2.24, 2.45) is 0 Å². The molecule has 2 aromatic rings. The molecule has 0 heterocycles. The first-order chi connectivity index (χ1) is 11.8. The summed E-state index contributed by atoms with van der Waals surface area (Å²) in [6.07, 6.45) is 0. The third-order valence-electron chi connectivity index (χ3n) is 3.65. The number of benzene rings is 2. The van der Waals surface area contributed by atoms with Crippen LogP contribution in [0.5, 0.6) is 11.5 Å². The molecule has 6 nitrogen and oxygen atoms in total. The summed E-state index contributed by atoms with van der Waals surface area (Å²) in [5, 5.41) is 2.62. The minimum absolute atomic E-state index is 0.185. The van der Waals surface area contributed by atoms with Crippen molar-refractivity contribution in [1.82, 2.24) is 0 Å². The molecule has 2 rings (SSSR count). The Kier molecular flexibility index (Phi) is 5.59. The molecule has 1 N–H and O–H groups in total. The number of methoxy groups -OCH3 is 2. The summed E-state index contributed by atoms with van der Waals surface area (Å²) in [7, 11) is 4.49. The molecule has 0 fully saturated rings. The Morgan fingerprint density at radius 2 is 1.64 bits per heavy atom. The molecule has 2 amide bonds. The lowest BCUT2D eigenvalue weighted by molar-refractivity contribution is -0.116. The molecule has 0 radical (unpaired) electrons. The fourth-order valence-electron chi connectivity index (χ4n) is 2.20. The van der Waals surface area contributed by atoms with Crippen LogP contribution in [0.3, 0.4) is 0 Å². The molecule has 7 heteroatoms. The average Bonchev–Trinajstić information content (AvgIpc) is 2.60. The third kappa shape index (κ3) is 4.26. The number of halogens is 1. The Morgan fingerprint density at radius 3 is 2.16 bits per heavy atom. The number of rotatable bonds is 5. The first kappa shape index (κ1) is 18.3. The Bertz CT molecular complexity index is 785. The highest BCUT2D eigenvalue weighted by atomic mass is 19.1. The fourth-order valence-corrected chi connectivity index (χ4v) is 2.20. The van der Waals surface area contributed by atoms with Gasteiger partial charge in [-0.15, -0.1) is 0 Å². The molecule has 132 valence electrons. The molecule has 0 atom stereocenters. The molecule has 0 aliphatic carbocycles. The van der Waals surface area contributed by atoms with Crippen LogP contribution >= 0.6 is 0 Å². The highest BCUT2D eigenvalue weighted by Crippen LogP contribution is 2.28. The summed E-state index contributed by atoms with van der Waals surface area (Å²) in [6.45, 7) is 1.38. The van der Waals surface area contributed by atoms with Crippen LogP contribution in [0.2, 0.25) is 0 Å². The minimum atomic E-state index is -0.528. The Morgan fingerprint density at radius 1 is 1.04 bits per heavy atom. The maximum Gasteiger partial charge on any atom is 0.255 e. The van der Waals surface area contributed by atoms with Crippen LogP contribution in [0.1, 0.15) is 17.3 Å². The van der Waals surface area contributed by atoms with Gasteiger partial charge in [0.1, 0.15) is 17.3 Å². The van der Waals surface area contributed by atoms with Crippen LogP contribution in [0.25, 0.3) is 0 Å². The van der Waals surface area contributed by atoms with Gasteiger partial charge in [0, 0.05) is 25.6 Å². The van der Waals surface area contributed by atoms with Crippen LogP contribution < -0.4 is 19.7 Å². The lowest BCUT2D eigenvalue weighted by Crippen LogP contribution is -2.25. The average molecular weight is 346 g/mol. The van der Waals surface area contributed by atoms with Crippen LogP contribution in [0, 0.1) is 5.82 Å². The predicted molar refractivity (Wildman–Crippen MR) is 93.0 cm³/mol. The molecule has 0 aliphatic rings. The van der Waals surface area contributed by atoms with Crippen molar-refractivity contribution in [2.75, 3.05) is 31.5 Å². The zero-order valence-corrected chi connectivity index (χ0v) is 14.4. The molecule has 2 aromatic carbocycles. The van der Waals surface area contributed by atoms with Gasteiger partial charge in [-0.1, -0.05) is 0 Å². The van der Waals surface area contributed by atoms with E-state index in [1.165, 1.54) is 50.3 Å². The summed E-state index contributed by atoms with van der Waals surface area (Å²) in [5.74, 6) is -0.361. The quantitative estimate of drug-likeness (QED) is 0.903. The first-order valence-electron chi connectivity index (χ1n) is 7.44. The number of nitrogens with one attached hydrogen (secondary N) is 1. The number of hydrogen-bond acceptors (Lipinski definition) is 4. The molecule has 0 unspecified atom stereocenters. The number of anilines is 2. The summed E-state index contributed by atoms with van der Waals surface area (Å²) in [6, 6.07) is 8.51. The van der Waals surface area contributed by atoms with E-state index in [0.29, 0.717) is 17.2 Å². The van der Waals surface area contributed by atoms with E-state index in [1.807, 2.05) is 0 Å². The molecule has 0 aliphatic heterocycles. The van der Waals surface area contributed by atoms with E-state index < -0.39 is 11.7 Å². The lowest BCUT2D eigenvalue weighted by atomic mass is 10.1. The maximum atomic E-state index is 13.6. The van der Waals surface area contributed by atoms with Gasteiger partial charge in [-0.3, -0.25) is 9.59 Å². The highest BCUT2D eigenvalue weighted by Gasteiger charge is 2.16. The van der Waals surface area contributed by atoms with Crippen molar-refractivity contribution in [3.8, 4) is 11.5 Å². The summed E-state index contributed by atoms with van der Waals surface area (Å²) in [5.41, 5.74) is 0.846. The minimum Gasteiger partial charge on any atom is -0.497 e. The number of nitrogens with zero attached hydrogens (tertiary/aromatic N) is 1. The SMILES string of the molecule is COc1cc(OC)cc(C(=O)Nc2cc(F)ccc2N(C)C(C)=O)c1. The lowest BCUT2D eigenvalue weighted by Gasteiger charge is -2.19. The van der Waals surface area contributed by atoms with Gasteiger partial charge in [0.15, 0.2) is 0 Å². The van der Waals surface area contributed by atoms with Gasteiger partial charge in [-0.2, -0.15) is 0 Å². The zero-order chi connectivity index (χ0) is 18.6. The topological polar surface area (TPSA) is 67.9 Å². The Labute approximate surface area is 145 Å². The molecule has 0 aromatic heterocycles. The molecule has 0 saturated carbocycles. The first-order valence-corrected chi connectivity index (χ1v) is 7.44. The van der Waals surface area contributed by atoms with Crippen molar-refractivity contribution >= 4 is 23.2 Å². The van der Waals surface area contributed by atoms with Gasteiger partial charge < -0.3 is 19.7 Å². The van der Waals surface area contributed by atoms with Crippen LogP contribution in [0.15, 0.2) is 36.4 Å². The van der Waals surface area contributed by atoms with Crippen LogP contribution in [0.4, 0.5) is 15.8 Å². The van der Waals surface area contributed by atoms with Gasteiger partial charge in [-0.05, 0) is 30.3 Å². The summed E-state index contributed by atoms with van der Waals surface area (Å²) < 4.78 is 23.9. The van der Waals surface area contributed by atoms with E-state index in [9.17, 15) is 14.0 Å². The van der Waals surface area contributed by atoms with Crippen LogP contribution in [-0.4, -0.2) is 33.1 Å². The molecular weight excluding hydrogens is 327 g/mol. The van der Waals surface area contributed by atoms with Crippen molar-refractivity contribution < 1.29 is 23.5 Å². The molecule has 25 heavy (non-hydrogen) atoms. The van der Waals surface area contributed by atoms with Crippen LogP contribution in [-0.2, 0) is 4.79 Å². The fraction of sp³-hybridized carbons (Fsp3) is 0.222. The standard InChI is InChI=1S/C18H19FN2O4/c1-11(22)21(2)17-6-5-13(19)9-16(17)20-18(23)12-7-14(24-3)10-15(8-12)25-4/h5-10H,1-4H3,(H,20,23). The van der Waals surface area contributed by atoms with Gasteiger partial charge in [0.05, 0.1) is 25.6 Å². The molecule has 0 saturated heterocycles. The van der Waals surface area contributed by atoms with Crippen molar-refractivity contribution in [1.29, 1.82) is 0 Å². The van der Waals surface area contributed by atoms with Crippen molar-refractivity contribution in [2.45, 2.75) is 6.92 Å². The predicted octanol–water partition coefficient (Wildman–Crippen LogP) is 3.08. The zero-order valence-electron chi connectivity index (χ0n) is 14.4. The van der Waals surface area contributed by atoms with Gasteiger partial charge in [0.25, 0.3) is 5.91 Å². The monoisotopic (exact) mass is 346 g/mol. The van der Waals surface area contributed by atoms with E-state index in [4.69, 9.17) is 9.47 Å². The molecule has 0 bridgehead atoms. The largest absolute Gasteiger partial charge is 0.497 e. The highest BCUT2D eigenvalue weighted by molar-refractivity contribution is 6.07. The van der Waals surface area contributed by atoms with Gasteiger partial charge >= 0.3 is 0 Å². The van der Waals surface area contributed by atoms with E-state index in [2.05, 4.69) is 5.32 Å². The Balaban J connectivity index is 2.38. The number of carbonyl (C=O) groups is 2. The van der Waals surface area contributed by atoms with E-state index in [0.717, 1.165) is 6.07 Å². The van der Waals surface area contributed by atoms with E-state index in [-0.39, 0.29) is 17.2 Å². The van der Waals surface area contributed by atoms with Crippen molar-refractivity contribution in [3.05, 3.63) is 47.8 Å². The number of carbonyl (C=O) groups excluding carboxylic acids is 2. The second-order valence-electron chi connectivity index (χ2n) is 5.29. The molecular formula is C18H19FN2O4. The maximum absolute atomic E-state index is 13.6. The second-order valence-corrected chi connectivity index (χ2v) is 5.29. The van der Waals surface area contributed by atoms with Crippen molar-refractivity contribution in [3.63, 3.8) is 0 Å². The third-order valence-corrected chi connectivity index (χ3v) is 3.65. The number of hydrogen-bond donors (Lipinski definition) is 1. The van der Waals surface area contributed by atoms with E-state index in [1.54, 1.807) is 13.1 Å². The summed E-state index contributed by atoms with van der Waals surface area (Å²) >= 11 is 0. The number of ether oxygens (including phenoxy) is 2. The molecule has 0 spiro atoms. The smallest absolute Gasteiger partial charge is 0.255 e. The Hall–Kier alpha value is -3.09. The second kappa shape index (κ2) is 7.65. The van der Waals surface area contributed by atoms with Gasteiger partial charge in [-0.25, -0.2) is 4.39 Å². The van der Waals surface area contributed by atoms with E-state index >= 15 is 0 Å². The van der Waals surface area contributed by atoms with Gasteiger partial charge in [0.2, 0.25) is 5.91 Å².